The molecule has 0 amide bonds. The molecule has 0 saturated heterocycles. The maximum atomic E-state index is 2.38. The fraction of sp³-hybridized carbons (Fsp3) is 0.185. The van der Waals surface area contributed by atoms with Crippen LogP contribution in [-0.4, -0.2) is 8.07 Å². The molecule has 0 atom stereocenters. The minimum absolute atomic E-state index is 0.124. The van der Waals surface area contributed by atoms with Gasteiger partial charge in [-0.05, 0) is 33.0 Å². The summed E-state index contributed by atoms with van der Waals surface area (Å²) in [4.78, 5) is 0. The van der Waals surface area contributed by atoms with E-state index in [9.17, 15) is 0 Å². The molecule has 4 rings (SSSR count). The summed E-state index contributed by atoms with van der Waals surface area (Å²) < 4.78 is 0. The van der Waals surface area contributed by atoms with Gasteiger partial charge >= 0.3 is 0 Å². The van der Waals surface area contributed by atoms with Crippen molar-refractivity contribution in [1.29, 1.82) is 0 Å². The number of hydrogen-bond acceptors (Lipinski definition) is 0. The van der Waals surface area contributed by atoms with Gasteiger partial charge in [-0.2, -0.15) is 0 Å². The van der Waals surface area contributed by atoms with E-state index >= 15 is 0 Å². The van der Waals surface area contributed by atoms with Gasteiger partial charge in [0.1, 0.15) is 0 Å². The topological polar surface area (TPSA) is 0 Å². The molecule has 1 aliphatic rings. The maximum absolute atomic E-state index is 2.38. The lowest BCUT2D eigenvalue weighted by atomic mass is 9.87. The van der Waals surface area contributed by atoms with Crippen molar-refractivity contribution in [1.82, 2.24) is 0 Å². The molecule has 0 bridgehead atoms. The first kappa shape index (κ1) is 18.7. The second-order valence-corrected chi connectivity index (χ2v) is 12.4. The fourth-order valence-corrected chi connectivity index (χ4v) is 10.1. The molecule has 1 heteroatoms. The van der Waals surface area contributed by atoms with Crippen molar-refractivity contribution < 1.29 is 0 Å². The van der Waals surface area contributed by atoms with Crippen LogP contribution in [0.15, 0.2) is 114 Å². The Morgan fingerprint density at radius 3 is 1.36 bits per heavy atom. The van der Waals surface area contributed by atoms with Gasteiger partial charge in [-0.25, -0.2) is 0 Å². The smallest absolute Gasteiger partial charge is 0.0805 e. The molecule has 0 aliphatic heterocycles. The van der Waals surface area contributed by atoms with Crippen LogP contribution < -0.4 is 15.6 Å². The van der Waals surface area contributed by atoms with E-state index in [4.69, 9.17) is 0 Å². The van der Waals surface area contributed by atoms with Gasteiger partial charge in [0.05, 0.1) is 0 Å². The number of allylic oxidation sites excluding steroid dienone is 4. The molecular weight excluding hydrogens is 352 g/mol. The van der Waals surface area contributed by atoms with Gasteiger partial charge in [-0.1, -0.05) is 129 Å². The molecule has 0 heterocycles. The highest BCUT2D eigenvalue weighted by Gasteiger charge is 2.45. The summed E-state index contributed by atoms with van der Waals surface area (Å²) in [6, 6.07) is 33.6. The summed E-state index contributed by atoms with van der Waals surface area (Å²) in [5.74, 6) is 0. The second-order valence-electron chi connectivity index (χ2n) is 8.60. The first-order valence-corrected chi connectivity index (χ1v) is 12.1. The lowest BCUT2D eigenvalue weighted by Gasteiger charge is -2.38. The maximum Gasteiger partial charge on any atom is 0.176 e. The van der Waals surface area contributed by atoms with Crippen molar-refractivity contribution in [3.05, 3.63) is 114 Å². The summed E-state index contributed by atoms with van der Waals surface area (Å²) >= 11 is 0. The average molecular weight is 381 g/mol. The molecule has 1 aliphatic carbocycles. The highest BCUT2D eigenvalue weighted by atomic mass is 28.3. The quantitative estimate of drug-likeness (QED) is 0.441. The van der Waals surface area contributed by atoms with Crippen LogP contribution in [0.4, 0.5) is 0 Å². The van der Waals surface area contributed by atoms with Crippen molar-refractivity contribution in [3.63, 3.8) is 0 Å². The zero-order chi connectivity index (χ0) is 19.6. The first-order chi connectivity index (χ1) is 13.5. The monoisotopic (exact) mass is 380 g/mol. The van der Waals surface area contributed by atoms with Crippen LogP contribution in [0.1, 0.15) is 27.2 Å². The predicted molar refractivity (Wildman–Crippen MR) is 124 cm³/mol. The molecule has 0 unspecified atom stereocenters. The molecule has 3 aromatic carbocycles. The lowest BCUT2D eigenvalue weighted by molar-refractivity contribution is 0.516. The Balaban J connectivity index is 2.15. The summed E-state index contributed by atoms with van der Waals surface area (Å²) in [5.41, 5.74) is 1.63. The molecule has 140 valence electrons. The molecule has 3 aromatic rings. The van der Waals surface area contributed by atoms with E-state index in [0.29, 0.717) is 0 Å². The molecule has 0 saturated carbocycles. The molecular formula is C27H28Si. The molecule has 0 nitrogen and oxygen atoms in total. The summed E-state index contributed by atoms with van der Waals surface area (Å²) in [6.07, 6.45) is 5.79. The molecule has 0 N–H and O–H groups in total. The van der Waals surface area contributed by atoms with Crippen molar-refractivity contribution in [2.75, 3.05) is 0 Å². The Labute approximate surface area is 170 Å². The van der Waals surface area contributed by atoms with E-state index < -0.39 is 8.07 Å². The van der Waals surface area contributed by atoms with Crippen molar-refractivity contribution in [2.45, 2.75) is 27.2 Å². The van der Waals surface area contributed by atoms with Gasteiger partial charge in [0, 0.05) is 0 Å². The predicted octanol–water partition coefficient (Wildman–Crippen LogP) is 5.00. The van der Waals surface area contributed by atoms with Crippen LogP contribution in [0, 0.1) is 5.41 Å². The van der Waals surface area contributed by atoms with Crippen LogP contribution in [0.2, 0.25) is 0 Å². The Hall–Kier alpha value is -2.64. The number of benzene rings is 3. The summed E-state index contributed by atoms with van der Waals surface area (Å²) in [7, 11) is -2.35. The van der Waals surface area contributed by atoms with Crippen molar-refractivity contribution >= 4 is 23.6 Å². The SMILES string of the molecule is CC(C)(C)C1=C([Si](c2ccccc2)(c2ccccc2)c2ccccc2)CC=C1. The van der Waals surface area contributed by atoms with Gasteiger partial charge in [-0.15, -0.1) is 0 Å². The molecule has 28 heavy (non-hydrogen) atoms. The van der Waals surface area contributed by atoms with Gasteiger partial charge < -0.3 is 0 Å². The van der Waals surface area contributed by atoms with Crippen LogP contribution in [0.3, 0.4) is 0 Å². The number of rotatable bonds is 4. The third kappa shape index (κ3) is 3.10. The highest BCUT2D eigenvalue weighted by Crippen LogP contribution is 2.38. The van der Waals surface area contributed by atoms with E-state index in [-0.39, 0.29) is 5.41 Å². The summed E-state index contributed by atoms with van der Waals surface area (Å²) in [5, 5.41) is 6.03. The Morgan fingerprint density at radius 1 is 0.607 bits per heavy atom. The van der Waals surface area contributed by atoms with Gasteiger partial charge in [0.2, 0.25) is 0 Å². The van der Waals surface area contributed by atoms with Gasteiger partial charge in [0.15, 0.2) is 8.07 Å². The zero-order valence-corrected chi connectivity index (χ0v) is 18.0. The minimum atomic E-state index is -2.35. The summed E-state index contributed by atoms with van der Waals surface area (Å²) in [6.45, 7) is 7.04. The third-order valence-electron chi connectivity index (χ3n) is 5.81. The van der Waals surface area contributed by atoms with E-state index in [1.807, 2.05) is 0 Å². The minimum Gasteiger partial charge on any atom is -0.0805 e. The Kier molecular flexibility index (Phi) is 4.95. The largest absolute Gasteiger partial charge is 0.176 e. The molecule has 0 fully saturated rings. The van der Waals surface area contributed by atoms with Gasteiger partial charge in [0.25, 0.3) is 0 Å². The zero-order valence-electron chi connectivity index (χ0n) is 17.0. The van der Waals surface area contributed by atoms with Crippen molar-refractivity contribution in [2.24, 2.45) is 5.41 Å². The van der Waals surface area contributed by atoms with Crippen LogP contribution in [-0.2, 0) is 0 Å². The van der Waals surface area contributed by atoms with E-state index in [0.717, 1.165) is 6.42 Å². The Morgan fingerprint density at radius 2 is 1.00 bits per heavy atom. The molecule has 0 spiro atoms. The highest BCUT2D eigenvalue weighted by molar-refractivity contribution is 7.16. The van der Waals surface area contributed by atoms with E-state index in [1.165, 1.54) is 21.1 Å². The second kappa shape index (κ2) is 7.41. The van der Waals surface area contributed by atoms with Crippen LogP contribution in [0.5, 0.6) is 0 Å². The van der Waals surface area contributed by atoms with Crippen LogP contribution >= 0.6 is 0 Å². The van der Waals surface area contributed by atoms with Gasteiger partial charge in [-0.3, -0.25) is 0 Å². The molecule has 0 aromatic heterocycles. The van der Waals surface area contributed by atoms with E-state index in [2.05, 4.69) is 124 Å². The van der Waals surface area contributed by atoms with E-state index in [1.54, 1.807) is 5.20 Å². The lowest BCUT2D eigenvalue weighted by Crippen LogP contribution is -2.68. The first-order valence-electron chi connectivity index (χ1n) is 10.1. The fourth-order valence-electron chi connectivity index (χ4n) is 4.65. The standard InChI is InChI=1S/C27H28Si/c1-27(2,3)25-20-13-21-26(25)28(22-14-7-4-8-15-22,23-16-9-5-10-17-23)24-18-11-6-12-19-24/h4-20H,21H2,1-3H3. The average Bonchev–Trinajstić information content (AvgIpc) is 3.22. The Bertz CT molecular complexity index is 894. The van der Waals surface area contributed by atoms with Crippen molar-refractivity contribution in [3.8, 4) is 0 Å². The third-order valence-corrected chi connectivity index (χ3v) is 10.8. The molecule has 0 radical (unpaired) electrons. The normalized spacial score (nSPS) is 14.5. The number of hydrogen-bond donors (Lipinski definition) is 0. The van der Waals surface area contributed by atoms with Crippen LogP contribution in [0.25, 0.3) is 0 Å².